The Hall–Kier alpha value is -0.630. The van der Waals surface area contributed by atoms with Crippen LogP contribution >= 0.6 is 12.6 Å². The van der Waals surface area contributed by atoms with Gasteiger partial charge in [-0.15, -0.1) is 18.4 Å². The van der Waals surface area contributed by atoms with Crippen LogP contribution in [0.1, 0.15) is 0 Å². The molecule has 2 heteroatoms. The minimum Gasteiger partial charge on any atom is -0.149 e. The van der Waals surface area contributed by atoms with Crippen molar-refractivity contribution in [3.05, 3.63) is 24.3 Å². The van der Waals surface area contributed by atoms with E-state index in [-0.39, 0.29) is 5.69 Å². The molecule has 0 aliphatic rings. The van der Waals surface area contributed by atoms with Gasteiger partial charge in [0.05, 0.1) is 5.69 Å². The lowest BCUT2D eigenvalue weighted by Gasteiger charge is -1.89. The molecule has 8 heavy (non-hydrogen) atoms. The fourth-order valence-corrected chi connectivity index (χ4v) is 0.625. The first-order valence-corrected chi connectivity index (χ1v) is 2.72. The second kappa shape index (κ2) is 2.09. The highest BCUT2D eigenvalue weighted by atomic mass is 32.1. The summed E-state index contributed by atoms with van der Waals surface area (Å²) in [4.78, 5) is 0.618. The lowest BCUT2D eigenvalue weighted by Crippen LogP contribution is -1.68. The van der Waals surface area contributed by atoms with Crippen LogP contribution in [0.2, 0.25) is 0 Å². The highest BCUT2D eigenvalue weighted by molar-refractivity contribution is 7.80. The lowest BCUT2D eigenvalue weighted by molar-refractivity contribution is 1.36. The number of thiol groups is 1. The Kier molecular flexibility index (Phi) is 1.44. The molecular weight excluding hydrogens is 118 g/mol. The summed E-state index contributed by atoms with van der Waals surface area (Å²) in [7, 11) is 0. The third-order valence-corrected chi connectivity index (χ3v) is 1.26. The summed E-state index contributed by atoms with van der Waals surface area (Å²) in [6.45, 7) is 0. The molecular formula is C6H5NS. The van der Waals surface area contributed by atoms with Gasteiger partial charge in [-0.25, -0.2) is 0 Å². The molecule has 0 aliphatic heterocycles. The molecule has 0 saturated carbocycles. The first-order valence-electron chi connectivity index (χ1n) is 2.27. The fraction of sp³-hybridized carbons (Fsp3) is 0. The third kappa shape index (κ3) is 0.954. The molecule has 0 aromatic heterocycles. The number of nitrogens with zero attached hydrogens (tertiary/aromatic N) is 1. The van der Waals surface area contributed by atoms with Gasteiger partial charge in [-0.3, -0.25) is 0 Å². The second-order valence-electron chi connectivity index (χ2n) is 1.49. The van der Waals surface area contributed by atoms with E-state index >= 15 is 0 Å². The second-order valence-corrected chi connectivity index (χ2v) is 1.97. The van der Waals surface area contributed by atoms with Crippen LogP contribution in [-0.2, 0) is 0 Å². The lowest BCUT2D eigenvalue weighted by atomic mass is 10.3. The van der Waals surface area contributed by atoms with Crippen LogP contribution in [0.4, 0.5) is 5.69 Å². The highest BCUT2D eigenvalue weighted by Gasteiger charge is 1.88. The van der Waals surface area contributed by atoms with Gasteiger partial charge in [-0.1, -0.05) is 12.1 Å². The number of benzene rings is 1. The highest BCUT2D eigenvalue weighted by Crippen LogP contribution is 2.14. The zero-order valence-electron chi connectivity index (χ0n) is 4.20. The summed E-state index contributed by atoms with van der Waals surface area (Å²) in [5.41, 5.74) is 9.08. The first-order chi connectivity index (χ1) is 3.80. The van der Waals surface area contributed by atoms with Crippen molar-refractivity contribution >= 4 is 18.3 Å². The van der Waals surface area contributed by atoms with E-state index < -0.39 is 0 Å². The van der Waals surface area contributed by atoms with Gasteiger partial charge >= 0.3 is 0 Å². The van der Waals surface area contributed by atoms with Crippen LogP contribution in [-0.4, -0.2) is 0 Å². The van der Waals surface area contributed by atoms with Crippen molar-refractivity contribution in [3.63, 3.8) is 0 Å². The van der Waals surface area contributed by atoms with E-state index in [2.05, 4.69) is 12.6 Å². The molecule has 1 rings (SSSR count). The molecule has 0 aliphatic carbocycles. The third-order valence-electron chi connectivity index (χ3n) is 0.882. The average Bonchev–Trinajstić information content (AvgIpc) is 1.77. The van der Waals surface area contributed by atoms with Crippen LogP contribution in [0.25, 0.3) is 0 Å². The molecule has 0 fully saturated rings. The summed E-state index contributed by atoms with van der Waals surface area (Å²) in [6.07, 6.45) is 0. The zero-order chi connectivity index (χ0) is 5.98. The van der Waals surface area contributed by atoms with Gasteiger partial charge in [0.2, 0.25) is 0 Å². The smallest absolute Gasteiger partial charge is 0.0990 e. The van der Waals surface area contributed by atoms with Crippen molar-refractivity contribution in [2.45, 2.75) is 4.90 Å². The molecule has 1 aromatic rings. The van der Waals surface area contributed by atoms with Crippen molar-refractivity contribution in [1.29, 1.82) is 0 Å². The zero-order valence-corrected chi connectivity index (χ0v) is 5.10. The molecule has 0 bridgehead atoms. The molecule has 0 unspecified atom stereocenters. The Balaban J connectivity index is 3.13. The average molecular weight is 123 g/mol. The molecule has 1 aromatic carbocycles. The van der Waals surface area contributed by atoms with E-state index in [1.807, 2.05) is 6.07 Å². The van der Waals surface area contributed by atoms with Crippen molar-refractivity contribution in [1.82, 2.24) is 5.73 Å². The first kappa shape index (κ1) is 5.51. The summed E-state index contributed by atoms with van der Waals surface area (Å²) in [5, 5.41) is 0. The molecule has 2 radical (unpaired) electrons. The van der Waals surface area contributed by atoms with E-state index in [1.165, 1.54) is 0 Å². The molecule has 0 spiro atoms. The van der Waals surface area contributed by atoms with Gasteiger partial charge in [0.25, 0.3) is 0 Å². The predicted octanol–water partition coefficient (Wildman–Crippen LogP) is 1.68. The Morgan fingerprint density at radius 3 is 2.25 bits per heavy atom. The summed E-state index contributed by atoms with van der Waals surface area (Å²) in [5.74, 6) is 0. The van der Waals surface area contributed by atoms with E-state index in [9.17, 15) is 0 Å². The van der Waals surface area contributed by atoms with E-state index in [4.69, 9.17) is 5.73 Å². The summed E-state index contributed by atoms with van der Waals surface area (Å²) >= 11 is 3.95. The standard InChI is InChI=1S/C6H5NS/c7-5-3-1-2-4-6(5)8/h1-4,8H. The Bertz CT molecular complexity index is 165. The molecule has 0 heterocycles. The molecule has 0 atom stereocenters. The maximum atomic E-state index is 8.84. The number of rotatable bonds is 0. The van der Waals surface area contributed by atoms with Gasteiger partial charge in [-0.05, 0) is 12.1 Å². The van der Waals surface area contributed by atoms with Crippen molar-refractivity contribution in [2.24, 2.45) is 0 Å². The molecule has 0 N–H and O–H groups in total. The maximum Gasteiger partial charge on any atom is 0.0990 e. The van der Waals surface area contributed by atoms with Gasteiger partial charge in [-0.2, -0.15) is 0 Å². The maximum absolute atomic E-state index is 8.84. The largest absolute Gasteiger partial charge is 0.149 e. The van der Waals surface area contributed by atoms with E-state index in [0.717, 1.165) is 0 Å². The van der Waals surface area contributed by atoms with E-state index in [1.54, 1.807) is 18.2 Å². The number of hydrogen-bond acceptors (Lipinski definition) is 1. The van der Waals surface area contributed by atoms with E-state index in [0.29, 0.717) is 4.90 Å². The SMILES string of the molecule is [N]c1ccccc1S. The summed E-state index contributed by atoms with van der Waals surface area (Å²) in [6, 6.07) is 6.91. The minimum atomic E-state index is 0.232. The topological polar surface area (TPSA) is 22.3 Å². The fourth-order valence-electron chi connectivity index (χ4n) is 0.464. The van der Waals surface area contributed by atoms with Crippen LogP contribution in [0.5, 0.6) is 0 Å². The Morgan fingerprint density at radius 1 is 1.25 bits per heavy atom. The van der Waals surface area contributed by atoms with Crippen molar-refractivity contribution < 1.29 is 0 Å². The quantitative estimate of drug-likeness (QED) is 0.507. The minimum absolute atomic E-state index is 0.232. The van der Waals surface area contributed by atoms with Crippen LogP contribution in [0.3, 0.4) is 0 Å². The van der Waals surface area contributed by atoms with Crippen molar-refractivity contribution in [2.75, 3.05) is 0 Å². The predicted molar refractivity (Wildman–Crippen MR) is 35.5 cm³/mol. The van der Waals surface area contributed by atoms with Crippen LogP contribution in [0, 0.1) is 0 Å². The molecule has 40 valence electrons. The van der Waals surface area contributed by atoms with Gasteiger partial charge < -0.3 is 0 Å². The number of hydrogen-bond donors (Lipinski definition) is 1. The Labute approximate surface area is 53.9 Å². The molecule has 0 amide bonds. The molecule has 0 saturated heterocycles. The van der Waals surface area contributed by atoms with Gasteiger partial charge in [0, 0.05) is 4.90 Å². The van der Waals surface area contributed by atoms with Gasteiger partial charge in [0.15, 0.2) is 0 Å². The monoisotopic (exact) mass is 123 g/mol. The molecule has 1 nitrogen and oxygen atoms in total. The van der Waals surface area contributed by atoms with Gasteiger partial charge in [0.1, 0.15) is 0 Å². The summed E-state index contributed by atoms with van der Waals surface area (Å²) < 4.78 is 0. The normalized spacial score (nSPS) is 9.12. The Morgan fingerprint density at radius 2 is 1.88 bits per heavy atom. The van der Waals surface area contributed by atoms with Crippen molar-refractivity contribution in [3.8, 4) is 0 Å². The van der Waals surface area contributed by atoms with Crippen LogP contribution in [0.15, 0.2) is 29.2 Å². The van der Waals surface area contributed by atoms with Crippen LogP contribution < -0.4 is 5.73 Å².